The van der Waals surface area contributed by atoms with E-state index in [2.05, 4.69) is 0 Å². The first kappa shape index (κ1) is 14.4. The fraction of sp³-hybridized carbons (Fsp3) is 0. The molecule has 0 N–H and O–H groups in total. The van der Waals surface area contributed by atoms with Gasteiger partial charge in [-0.05, 0) is 29.8 Å². The standard InChI is InChI=1S/C12H5Cl4NO2/c13-7-1-2-8(11(5-7)17(18)19)6-3-9(14)12(16)10(15)4-6/h1-5H. The molecule has 0 spiro atoms. The SMILES string of the molecule is O=[N+]([O-])c1cc(Cl)ccc1-c1cc(Cl)c(Cl)c(Cl)c1. The van der Waals surface area contributed by atoms with Gasteiger partial charge >= 0.3 is 0 Å². The quantitative estimate of drug-likeness (QED) is 0.390. The maximum absolute atomic E-state index is 11.0. The average Bonchev–Trinajstić information content (AvgIpc) is 2.35. The van der Waals surface area contributed by atoms with Crippen LogP contribution in [0.4, 0.5) is 5.69 Å². The fourth-order valence-electron chi connectivity index (χ4n) is 1.61. The highest BCUT2D eigenvalue weighted by atomic mass is 35.5. The van der Waals surface area contributed by atoms with Crippen LogP contribution < -0.4 is 0 Å². The van der Waals surface area contributed by atoms with Gasteiger partial charge in [-0.15, -0.1) is 0 Å². The number of nitro groups is 1. The van der Waals surface area contributed by atoms with Gasteiger partial charge in [0, 0.05) is 11.1 Å². The maximum atomic E-state index is 11.0. The number of rotatable bonds is 2. The highest BCUT2D eigenvalue weighted by Gasteiger charge is 2.17. The second-order valence-electron chi connectivity index (χ2n) is 3.67. The molecule has 0 aliphatic carbocycles. The van der Waals surface area contributed by atoms with Gasteiger partial charge in [0.15, 0.2) is 0 Å². The van der Waals surface area contributed by atoms with Crippen LogP contribution in [-0.2, 0) is 0 Å². The van der Waals surface area contributed by atoms with Gasteiger partial charge in [-0.25, -0.2) is 0 Å². The van der Waals surface area contributed by atoms with Crippen molar-refractivity contribution < 1.29 is 4.92 Å². The first-order chi connectivity index (χ1) is 8.90. The molecule has 0 saturated carbocycles. The van der Waals surface area contributed by atoms with Crippen molar-refractivity contribution in [1.29, 1.82) is 0 Å². The third-order valence-electron chi connectivity index (χ3n) is 2.45. The molecule has 0 aliphatic rings. The molecule has 0 atom stereocenters. The predicted molar refractivity (Wildman–Crippen MR) is 78.6 cm³/mol. The Morgan fingerprint density at radius 1 is 0.947 bits per heavy atom. The molecule has 7 heteroatoms. The first-order valence-electron chi connectivity index (χ1n) is 4.99. The second kappa shape index (κ2) is 5.55. The molecule has 2 rings (SSSR count). The van der Waals surface area contributed by atoms with Crippen LogP contribution in [0, 0.1) is 10.1 Å². The Labute approximate surface area is 128 Å². The van der Waals surface area contributed by atoms with Crippen molar-refractivity contribution in [2.45, 2.75) is 0 Å². The Balaban J connectivity index is 2.68. The van der Waals surface area contributed by atoms with Gasteiger partial charge in [-0.1, -0.05) is 46.4 Å². The van der Waals surface area contributed by atoms with Gasteiger partial charge in [0.25, 0.3) is 5.69 Å². The highest BCUT2D eigenvalue weighted by molar-refractivity contribution is 6.48. The minimum atomic E-state index is -0.516. The van der Waals surface area contributed by atoms with E-state index in [0.29, 0.717) is 11.1 Å². The summed E-state index contributed by atoms with van der Waals surface area (Å²) in [6.07, 6.45) is 0. The van der Waals surface area contributed by atoms with E-state index >= 15 is 0 Å². The molecule has 2 aromatic rings. The predicted octanol–water partition coefficient (Wildman–Crippen LogP) is 5.88. The number of halogens is 4. The van der Waals surface area contributed by atoms with Crippen LogP contribution in [0.2, 0.25) is 20.1 Å². The summed E-state index contributed by atoms with van der Waals surface area (Å²) in [5.74, 6) is 0. The molecular formula is C12H5Cl4NO2. The van der Waals surface area contributed by atoms with E-state index in [4.69, 9.17) is 46.4 Å². The molecule has 0 aliphatic heterocycles. The minimum Gasteiger partial charge on any atom is -0.258 e. The lowest BCUT2D eigenvalue weighted by atomic mass is 10.0. The van der Waals surface area contributed by atoms with Crippen LogP contribution in [0.15, 0.2) is 30.3 Å². The third kappa shape index (κ3) is 2.95. The number of hydrogen-bond donors (Lipinski definition) is 0. The van der Waals surface area contributed by atoms with Crippen molar-refractivity contribution in [3.63, 3.8) is 0 Å². The molecule has 0 amide bonds. The van der Waals surface area contributed by atoms with Gasteiger partial charge in [0.2, 0.25) is 0 Å². The third-order valence-corrected chi connectivity index (χ3v) is 3.88. The normalized spacial score (nSPS) is 10.5. The van der Waals surface area contributed by atoms with Gasteiger partial charge < -0.3 is 0 Å². The fourth-order valence-corrected chi connectivity index (χ4v) is 2.37. The summed E-state index contributed by atoms with van der Waals surface area (Å²) in [6.45, 7) is 0. The van der Waals surface area contributed by atoms with E-state index in [1.807, 2.05) is 0 Å². The molecule has 0 radical (unpaired) electrons. The summed E-state index contributed by atoms with van der Waals surface area (Å²) in [5, 5.41) is 12.0. The Hall–Kier alpha value is -1.000. The molecule has 0 heterocycles. The van der Waals surface area contributed by atoms with Crippen LogP contribution in [0.25, 0.3) is 11.1 Å². The molecule has 98 valence electrons. The number of nitrogens with zero attached hydrogens (tertiary/aromatic N) is 1. The Bertz CT molecular complexity index is 650. The number of hydrogen-bond acceptors (Lipinski definition) is 2. The van der Waals surface area contributed by atoms with E-state index in [-0.39, 0.29) is 25.8 Å². The molecule has 0 unspecified atom stereocenters. The topological polar surface area (TPSA) is 43.1 Å². The Morgan fingerprint density at radius 3 is 2.05 bits per heavy atom. The van der Waals surface area contributed by atoms with Gasteiger partial charge in [-0.2, -0.15) is 0 Å². The highest BCUT2D eigenvalue weighted by Crippen LogP contribution is 2.38. The zero-order valence-corrected chi connectivity index (χ0v) is 12.2. The number of nitro benzene ring substituents is 1. The Kier molecular flexibility index (Phi) is 4.21. The van der Waals surface area contributed by atoms with E-state index in [1.54, 1.807) is 6.07 Å². The smallest absolute Gasteiger partial charge is 0.258 e. The van der Waals surface area contributed by atoms with Crippen molar-refractivity contribution in [3.8, 4) is 11.1 Å². The molecule has 0 fully saturated rings. The van der Waals surface area contributed by atoms with Crippen molar-refractivity contribution in [1.82, 2.24) is 0 Å². The van der Waals surface area contributed by atoms with Crippen LogP contribution in [0.1, 0.15) is 0 Å². The Morgan fingerprint density at radius 2 is 1.53 bits per heavy atom. The summed E-state index contributed by atoms with van der Waals surface area (Å²) in [6, 6.07) is 7.40. The maximum Gasteiger partial charge on any atom is 0.278 e. The zero-order valence-electron chi connectivity index (χ0n) is 9.16. The van der Waals surface area contributed by atoms with Crippen molar-refractivity contribution in [2.24, 2.45) is 0 Å². The first-order valence-corrected chi connectivity index (χ1v) is 6.50. The molecule has 2 aromatic carbocycles. The minimum absolute atomic E-state index is 0.123. The second-order valence-corrected chi connectivity index (χ2v) is 5.30. The molecule has 0 bridgehead atoms. The molecule has 19 heavy (non-hydrogen) atoms. The van der Waals surface area contributed by atoms with Crippen molar-refractivity contribution >= 4 is 52.1 Å². The lowest BCUT2D eigenvalue weighted by Gasteiger charge is -2.07. The number of benzene rings is 2. The van der Waals surface area contributed by atoms with Crippen molar-refractivity contribution in [2.75, 3.05) is 0 Å². The summed E-state index contributed by atoms with van der Waals surface area (Å²) in [7, 11) is 0. The van der Waals surface area contributed by atoms with Gasteiger partial charge in [-0.3, -0.25) is 10.1 Å². The largest absolute Gasteiger partial charge is 0.278 e. The van der Waals surface area contributed by atoms with E-state index in [9.17, 15) is 10.1 Å². The summed E-state index contributed by atoms with van der Waals surface area (Å²) >= 11 is 23.4. The monoisotopic (exact) mass is 335 g/mol. The van der Waals surface area contributed by atoms with Crippen LogP contribution in [-0.4, -0.2) is 4.92 Å². The lowest BCUT2D eigenvalue weighted by Crippen LogP contribution is -1.92. The van der Waals surface area contributed by atoms with Crippen LogP contribution in [0.5, 0.6) is 0 Å². The summed E-state index contributed by atoms with van der Waals surface area (Å²) < 4.78 is 0. The summed E-state index contributed by atoms with van der Waals surface area (Å²) in [5.41, 5.74) is 0.750. The van der Waals surface area contributed by atoms with Gasteiger partial charge in [0.1, 0.15) is 0 Å². The van der Waals surface area contributed by atoms with Gasteiger partial charge in [0.05, 0.1) is 25.6 Å². The summed E-state index contributed by atoms with van der Waals surface area (Å²) in [4.78, 5) is 10.5. The average molecular weight is 337 g/mol. The molecule has 3 nitrogen and oxygen atoms in total. The van der Waals surface area contributed by atoms with Crippen LogP contribution >= 0.6 is 46.4 Å². The molecular weight excluding hydrogens is 332 g/mol. The van der Waals surface area contributed by atoms with Crippen LogP contribution in [0.3, 0.4) is 0 Å². The zero-order chi connectivity index (χ0) is 14.2. The van der Waals surface area contributed by atoms with Crippen molar-refractivity contribution in [3.05, 3.63) is 60.5 Å². The van der Waals surface area contributed by atoms with E-state index in [1.165, 1.54) is 24.3 Å². The molecule has 0 saturated heterocycles. The van der Waals surface area contributed by atoms with E-state index in [0.717, 1.165) is 0 Å². The molecule has 0 aromatic heterocycles. The van der Waals surface area contributed by atoms with E-state index < -0.39 is 4.92 Å². The lowest BCUT2D eigenvalue weighted by molar-refractivity contribution is -0.384.